The molecule has 0 atom stereocenters. The van der Waals surface area contributed by atoms with E-state index in [4.69, 9.17) is 0 Å². The molecule has 25 heavy (non-hydrogen) atoms. The van der Waals surface area contributed by atoms with E-state index in [0.717, 1.165) is 22.2 Å². The Hall–Kier alpha value is -3.41. The van der Waals surface area contributed by atoms with Crippen LogP contribution in [0.25, 0.3) is 10.9 Å². The number of hydrogen-bond acceptors (Lipinski definition) is 3. The minimum atomic E-state index is -0.0626. The van der Waals surface area contributed by atoms with Crippen molar-refractivity contribution in [2.24, 2.45) is 0 Å². The summed E-state index contributed by atoms with van der Waals surface area (Å²) in [6.07, 6.45) is 5.09. The number of carbonyl (C=O) groups is 1. The zero-order chi connectivity index (χ0) is 17.1. The van der Waals surface area contributed by atoms with Gasteiger partial charge in [-0.15, -0.1) is 0 Å². The van der Waals surface area contributed by atoms with E-state index in [1.165, 1.54) is 6.33 Å². The van der Waals surface area contributed by atoms with Crippen LogP contribution in [0.4, 0.5) is 5.69 Å². The summed E-state index contributed by atoms with van der Waals surface area (Å²) < 4.78 is 3.68. The number of amides is 1. The molecule has 0 saturated carbocycles. The number of para-hydroxylation sites is 2. The molecule has 2 aromatic carbocycles. The highest BCUT2D eigenvalue weighted by Gasteiger charge is 2.09. The Morgan fingerprint density at radius 2 is 1.88 bits per heavy atom. The minimum Gasteiger partial charge on any atom is -0.338 e. The number of nitrogens with zero attached hydrogens (tertiary/aromatic N) is 4. The van der Waals surface area contributed by atoms with Gasteiger partial charge in [-0.25, -0.2) is 9.67 Å². The van der Waals surface area contributed by atoms with E-state index in [9.17, 15) is 4.79 Å². The monoisotopic (exact) mass is 331 g/mol. The van der Waals surface area contributed by atoms with Gasteiger partial charge in [0, 0.05) is 17.4 Å². The number of rotatable bonds is 5. The Kier molecular flexibility index (Phi) is 4.00. The second kappa shape index (κ2) is 6.60. The maximum atomic E-state index is 12.5. The lowest BCUT2D eigenvalue weighted by atomic mass is 10.1. The fourth-order valence-corrected chi connectivity index (χ4v) is 2.89. The number of benzene rings is 2. The van der Waals surface area contributed by atoms with E-state index in [1.54, 1.807) is 11.0 Å². The summed E-state index contributed by atoms with van der Waals surface area (Å²) >= 11 is 0. The third-order valence-corrected chi connectivity index (χ3v) is 4.08. The highest BCUT2D eigenvalue weighted by atomic mass is 16.1. The number of nitrogens with one attached hydrogen (secondary N) is 1. The highest BCUT2D eigenvalue weighted by molar-refractivity contribution is 5.92. The Balaban J connectivity index is 1.51. The molecule has 1 amide bonds. The van der Waals surface area contributed by atoms with Gasteiger partial charge in [0.05, 0.1) is 6.54 Å². The van der Waals surface area contributed by atoms with Gasteiger partial charge in [0.1, 0.15) is 19.2 Å². The molecule has 1 N–H and O–H groups in total. The third-order valence-electron chi connectivity index (χ3n) is 4.08. The van der Waals surface area contributed by atoms with E-state index >= 15 is 0 Å². The van der Waals surface area contributed by atoms with Crippen molar-refractivity contribution >= 4 is 22.5 Å². The fraction of sp³-hybridized carbons (Fsp3) is 0.105. The predicted molar refractivity (Wildman–Crippen MR) is 96.1 cm³/mol. The Morgan fingerprint density at radius 3 is 2.76 bits per heavy atom. The average molecular weight is 331 g/mol. The van der Waals surface area contributed by atoms with Crippen LogP contribution >= 0.6 is 0 Å². The minimum absolute atomic E-state index is 0.0626. The lowest BCUT2D eigenvalue weighted by molar-refractivity contribution is -0.116. The normalized spacial score (nSPS) is 10.9. The van der Waals surface area contributed by atoms with Crippen molar-refractivity contribution in [3.05, 3.63) is 79.0 Å². The first-order valence-corrected chi connectivity index (χ1v) is 8.03. The van der Waals surface area contributed by atoms with Crippen molar-refractivity contribution in [2.45, 2.75) is 13.1 Å². The van der Waals surface area contributed by atoms with Crippen LogP contribution in [0.15, 0.2) is 73.4 Å². The van der Waals surface area contributed by atoms with Crippen molar-refractivity contribution in [2.75, 3.05) is 5.32 Å². The van der Waals surface area contributed by atoms with Crippen molar-refractivity contribution < 1.29 is 4.79 Å². The van der Waals surface area contributed by atoms with Crippen LogP contribution in [-0.4, -0.2) is 25.2 Å². The van der Waals surface area contributed by atoms with Crippen LogP contribution in [0, 0.1) is 0 Å². The molecule has 0 aliphatic rings. The third kappa shape index (κ3) is 3.28. The first-order chi connectivity index (χ1) is 12.3. The Labute approximate surface area is 144 Å². The molecule has 0 fully saturated rings. The predicted octanol–water partition coefficient (Wildman–Crippen LogP) is 2.92. The molecule has 0 unspecified atom stereocenters. The van der Waals surface area contributed by atoms with Crippen LogP contribution in [0.5, 0.6) is 0 Å². The van der Waals surface area contributed by atoms with Gasteiger partial charge in [0.15, 0.2) is 0 Å². The molecule has 0 aliphatic heterocycles. The van der Waals surface area contributed by atoms with Gasteiger partial charge in [0.25, 0.3) is 0 Å². The molecule has 2 aromatic heterocycles. The molecular formula is C19H17N5O. The molecule has 0 aliphatic carbocycles. The second-order valence-electron chi connectivity index (χ2n) is 5.80. The molecule has 6 nitrogen and oxygen atoms in total. The zero-order valence-corrected chi connectivity index (χ0v) is 13.5. The van der Waals surface area contributed by atoms with Crippen molar-refractivity contribution in [1.29, 1.82) is 0 Å². The number of carbonyl (C=O) groups excluding carboxylic acids is 1. The van der Waals surface area contributed by atoms with Crippen LogP contribution < -0.4 is 5.32 Å². The number of aromatic nitrogens is 4. The molecule has 0 saturated heterocycles. The first-order valence-electron chi connectivity index (χ1n) is 8.03. The Morgan fingerprint density at radius 1 is 1.04 bits per heavy atom. The van der Waals surface area contributed by atoms with E-state index < -0.39 is 0 Å². The first kappa shape index (κ1) is 15.1. The van der Waals surface area contributed by atoms with Crippen molar-refractivity contribution in [3.63, 3.8) is 0 Å². The quantitative estimate of drug-likeness (QED) is 0.611. The molecule has 124 valence electrons. The Bertz CT molecular complexity index is 1000. The molecule has 0 bridgehead atoms. The standard InChI is InChI=1S/C19H17N5O/c25-19(12-23-10-9-15-5-2-4-8-18(15)23)22-17-7-3-1-6-16(17)11-24-14-20-13-21-24/h1-10,13-14H,11-12H2,(H,22,25). The van der Waals surface area contributed by atoms with E-state index in [-0.39, 0.29) is 12.5 Å². The van der Waals surface area contributed by atoms with Gasteiger partial charge in [-0.2, -0.15) is 5.10 Å². The summed E-state index contributed by atoms with van der Waals surface area (Å²) in [6, 6.07) is 17.8. The molecule has 4 aromatic rings. The van der Waals surface area contributed by atoms with E-state index in [1.807, 2.05) is 65.4 Å². The second-order valence-corrected chi connectivity index (χ2v) is 5.80. The number of hydrogen-bond donors (Lipinski definition) is 1. The smallest absolute Gasteiger partial charge is 0.244 e. The largest absolute Gasteiger partial charge is 0.338 e. The summed E-state index contributed by atoms with van der Waals surface area (Å²) in [6.45, 7) is 0.827. The van der Waals surface area contributed by atoms with Gasteiger partial charge in [-0.05, 0) is 29.1 Å². The average Bonchev–Trinajstić information content (AvgIpc) is 3.27. The topological polar surface area (TPSA) is 64.7 Å². The van der Waals surface area contributed by atoms with Crippen LogP contribution in [-0.2, 0) is 17.9 Å². The SMILES string of the molecule is O=C(Cn1ccc2ccccc21)Nc1ccccc1Cn1cncn1. The summed E-state index contributed by atoms with van der Waals surface area (Å²) in [5.74, 6) is -0.0626. The molecule has 4 rings (SSSR count). The summed E-state index contributed by atoms with van der Waals surface area (Å²) in [5, 5.41) is 8.25. The van der Waals surface area contributed by atoms with Gasteiger partial charge >= 0.3 is 0 Å². The molecule has 0 radical (unpaired) electrons. The van der Waals surface area contributed by atoms with Gasteiger partial charge in [0.2, 0.25) is 5.91 Å². The van der Waals surface area contributed by atoms with E-state index in [2.05, 4.69) is 15.4 Å². The summed E-state index contributed by atoms with van der Waals surface area (Å²) in [5.41, 5.74) is 2.83. The lowest BCUT2D eigenvalue weighted by Crippen LogP contribution is -2.19. The van der Waals surface area contributed by atoms with Crippen LogP contribution in [0.3, 0.4) is 0 Å². The molecular weight excluding hydrogens is 314 g/mol. The molecule has 6 heteroatoms. The molecule has 0 spiro atoms. The maximum absolute atomic E-state index is 12.5. The summed E-state index contributed by atoms with van der Waals surface area (Å²) in [7, 11) is 0. The van der Waals surface area contributed by atoms with Gasteiger partial charge < -0.3 is 9.88 Å². The van der Waals surface area contributed by atoms with Crippen LogP contribution in [0.2, 0.25) is 0 Å². The van der Waals surface area contributed by atoms with Crippen molar-refractivity contribution in [3.8, 4) is 0 Å². The maximum Gasteiger partial charge on any atom is 0.244 e. The van der Waals surface area contributed by atoms with Crippen LogP contribution in [0.1, 0.15) is 5.56 Å². The summed E-state index contributed by atoms with van der Waals surface area (Å²) in [4.78, 5) is 16.5. The zero-order valence-electron chi connectivity index (χ0n) is 13.5. The number of anilines is 1. The highest BCUT2D eigenvalue weighted by Crippen LogP contribution is 2.18. The van der Waals surface area contributed by atoms with Gasteiger partial charge in [-0.3, -0.25) is 4.79 Å². The lowest BCUT2D eigenvalue weighted by Gasteiger charge is -2.12. The van der Waals surface area contributed by atoms with Gasteiger partial charge in [-0.1, -0.05) is 36.4 Å². The van der Waals surface area contributed by atoms with E-state index in [0.29, 0.717) is 6.54 Å². The number of fused-ring (bicyclic) bond motifs is 1. The van der Waals surface area contributed by atoms with Crippen molar-refractivity contribution in [1.82, 2.24) is 19.3 Å². The fourth-order valence-electron chi connectivity index (χ4n) is 2.89. The molecule has 2 heterocycles.